The Morgan fingerprint density at radius 1 is 1.28 bits per heavy atom. The first kappa shape index (κ1) is 15.8. The Morgan fingerprint density at radius 2 is 2.20 bits per heavy atom. The van der Waals surface area contributed by atoms with Gasteiger partial charge in [-0.2, -0.15) is 0 Å². The Hall–Kier alpha value is -2.73. The van der Waals surface area contributed by atoms with Gasteiger partial charge in [0, 0.05) is 35.3 Å². The summed E-state index contributed by atoms with van der Waals surface area (Å²) in [6.07, 6.45) is 4.57. The summed E-state index contributed by atoms with van der Waals surface area (Å²) in [5.41, 5.74) is 2.79. The van der Waals surface area contributed by atoms with Crippen molar-refractivity contribution in [1.29, 1.82) is 0 Å². The first-order chi connectivity index (χ1) is 12.3. The zero-order chi connectivity index (χ0) is 17.1. The van der Waals surface area contributed by atoms with Gasteiger partial charge < -0.3 is 10.1 Å². The van der Waals surface area contributed by atoms with E-state index in [4.69, 9.17) is 4.74 Å². The van der Waals surface area contributed by atoms with Gasteiger partial charge >= 0.3 is 0 Å². The molecule has 1 N–H and O–H groups in total. The van der Waals surface area contributed by atoms with Gasteiger partial charge in [0.05, 0.1) is 24.8 Å². The highest BCUT2D eigenvalue weighted by Gasteiger charge is 2.22. The number of pyridine rings is 1. The predicted octanol–water partition coefficient (Wildman–Crippen LogP) is 3.39. The summed E-state index contributed by atoms with van der Waals surface area (Å²) in [4.78, 5) is 21.1. The minimum absolute atomic E-state index is 0.00567. The van der Waals surface area contributed by atoms with Crippen LogP contribution in [0.2, 0.25) is 0 Å². The lowest BCUT2D eigenvalue weighted by Gasteiger charge is -2.26. The summed E-state index contributed by atoms with van der Waals surface area (Å²) < 4.78 is 5.64. The number of ether oxygens (including phenoxy) is 1. The zero-order valence-corrected chi connectivity index (χ0v) is 14.3. The minimum Gasteiger partial charge on any atom is -0.493 e. The van der Waals surface area contributed by atoms with Gasteiger partial charge in [-0.15, -0.1) is 11.3 Å². The molecule has 1 atom stereocenters. The van der Waals surface area contributed by atoms with Crippen molar-refractivity contribution in [2.75, 3.05) is 6.61 Å². The number of nitrogens with zero attached hydrogens (tertiary/aromatic N) is 2. The highest BCUT2D eigenvalue weighted by molar-refractivity contribution is 7.13. The van der Waals surface area contributed by atoms with Crippen molar-refractivity contribution >= 4 is 17.2 Å². The molecule has 0 saturated heterocycles. The van der Waals surface area contributed by atoms with Crippen LogP contribution in [0, 0.1) is 0 Å². The Bertz CT molecular complexity index is 879. The first-order valence-corrected chi connectivity index (χ1v) is 9.03. The predicted molar refractivity (Wildman–Crippen MR) is 96.5 cm³/mol. The van der Waals surface area contributed by atoms with Crippen LogP contribution in [-0.2, 0) is 11.2 Å². The van der Waals surface area contributed by atoms with E-state index in [9.17, 15) is 4.79 Å². The standard InChI is InChI=1S/C19H17N3O2S/c23-18(22-16-7-9-24-17-6-2-1-5-15(16)17)10-14-12-25-19(21-14)13-4-3-8-20-11-13/h1-6,8,11-12,16H,7,9-10H2,(H,22,23). The topological polar surface area (TPSA) is 64.1 Å². The Kier molecular flexibility index (Phi) is 4.43. The summed E-state index contributed by atoms with van der Waals surface area (Å²) in [7, 11) is 0. The van der Waals surface area contributed by atoms with Gasteiger partial charge in [0.15, 0.2) is 0 Å². The molecule has 1 unspecified atom stereocenters. The van der Waals surface area contributed by atoms with E-state index in [1.165, 1.54) is 11.3 Å². The van der Waals surface area contributed by atoms with Crippen molar-refractivity contribution < 1.29 is 9.53 Å². The molecule has 1 aliphatic heterocycles. The normalized spacial score (nSPS) is 15.9. The van der Waals surface area contributed by atoms with Crippen LogP contribution in [0.5, 0.6) is 5.75 Å². The molecule has 0 aliphatic carbocycles. The Balaban J connectivity index is 1.43. The van der Waals surface area contributed by atoms with Crippen LogP contribution in [0.15, 0.2) is 54.2 Å². The molecule has 0 radical (unpaired) electrons. The molecular formula is C19H17N3O2S. The highest BCUT2D eigenvalue weighted by atomic mass is 32.1. The number of rotatable bonds is 4. The molecule has 25 heavy (non-hydrogen) atoms. The third-order valence-electron chi connectivity index (χ3n) is 4.10. The first-order valence-electron chi connectivity index (χ1n) is 8.15. The van der Waals surface area contributed by atoms with Crippen molar-refractivity contribution in [1.82, 2.24) is 15.3 Å². The van der Waals surface area contributed by atoms with Gasteiger partial charge in [-0.1, -0.05) is 18.2 Å². The van der Waals surface area contributed by atoms with Gasteiger partial charge in [0.25, 0.3) is 0 Å². The van der Waals surface area contributed by atoms with E-state index in [0.29, 0.717) is 6.61 Å². The van der Waals surface area contributed by atoms with Crippen molar-refractivity contribution in [3.8, 4) is 16.3 Å². The number of thiazole rings is 1. The van der Waals surface area contributed by atoms with E-state index < -0.39 is 0 Å². The molecule has 1 amide bonds. The van der Waals surface area contributed by atoms with E-state index in [2.05, 4.69) is 15.3 Å². The number of benzene rings is 1. The molecule has 4 rings (SSSR count). The maximum absolute atomic E-state index is 12.4. The van der Waals surface area contributed by atoms with Crippen LogP contribution in [-0.4, -0.2) is 22.5 Å². The van der Waals surface area contributed by atoms with E-state index in [0.717, 1.165) is 34.0 Å². The molecular weight excluding hydrogens is 334 g/mol. The molecule has 2 aromatic heterocycles. The van der Waals surface area contributed by atoms with E-state index in [-0.39, 0.29) is 18.4 Å². The third kappa shape index (κ3) is 3.53. The maximum Gasteiger partial charge on any atom is 0.226 e. The van der Waals surface area contributed by atoms with Gasteiger partial charge in [0.1, 0.15) is 10.8 Å². The number of hydrogen-bond acceptors (Lipinski definition) is 5. The molecule has 0 saturated carbocycles. The van der Waals surface area contributed by atoms with Crippen molar-refractivity contribution in [3.05, 3.63) is 65.4 Å². The van der Waals surface area contributed by atoms with E-state index >= 15 is 0 Å². The number of carbonyl (C=O) groups excluding carboxylic acids is 1. The fraction of sp³-hybridized carbons (Fsp3) is 0.211. The second-order valence-corrected chi connectivity index (χ2v) is 6.72. The lowest BCUT2D eigenvalue weighted by atomic mass is 10.0. The average Bonchev–Trinajstić information content (AvgIpc) is 3.11. The number of hydrogen-bond donors (Lipinski definition) is 1. The van der Waals surface area contributed by atoms with Crippen LogP contribution in [0.4, 0.5) is 0 Å². The fourth-order valence-corrected chi connectivity index (χ4v) is 3.72. The lowest BCUT2D eigenvalue weighted by Crippen LogP contribution is -2.33. The summed E-state index contributed by atoms with van der Waals surface area (Å²) >= 11 is 1.53. The zero-order valence-electron chi connectivity index (χ0n) is 13.5. The number of amides is 1. The lowest BCUT2D eigenvalue weighted by molar-refractivity contribution is -0.121. The summed E-state index contributed by atoms with van der Waals surface area (Å²) in [6.45, 7) is 0.615. The molecule has 5 nitrogen and oxygen atoms in total. The molecule has 1 aliphatic rings. The third-order valence-corrected chi connectivity index (χ3v) is 5.04. The Morgan fingerprint density at radius 3 is 3.08 bits per heavy atom. The summed E-state index contributed by atoms with van der Waals surface area (Å²) in [5, 5.41) is 5.92. The Labute approximate surface area is 149 Å². The van der Waals surface area contributed by atoms with Gasteiger partial charge in [-0.25, -0.2) is 4.98 Å². The quantitative estimate of drug-likeness (QED) is 0.783. The monoisotopic (exact) mass is 351 g/mol. The van der Waals surface area contributed by atoms with Crippen LogP contribution in [0.3, 0.4) is 0 Å². The van der Waals surface area contributed by atoms with Gasteiger partial charge in [0.2, 0.25) is 5.91 Å². The molecule has 3 aromatic rings. The molecule has 0 bridgehead atoms. The molecule has 0 spiro atoms. The number of aromatic nitrogens is 2. The fourth-order valence-electron chi connectivity index (χ4n) is 2.91. The summed E-state index contributed by atoms with van der Waals surface area (Å²) in [6, 6.07) is 11.7. The number of para-hydroxylation sites is 1. The van der Waals surface area contributed by atoms with Crippen molar-refractivity contribution in [2.45, 2.75) is 18.9 Å². The van der Waals surface area contributed by atoms with Crippen LogP contribution in [0.25, 0.3) is 10.6 Å². The second-order valence-electron chi connectivity index (χ2n) is 5.86. The van der Waals surface area contributed by atoms with Crippen molar-refractivity contribution in [3.63, 3.8) is 0 Å². The minimum atomic E-state index is -0.0234. The smallest absolute Gasteiger partial charge is 0.226 e. The molecule has 1 aromatic carbocycles. The van der Waals surface area contributed by atoms with E-state index in [1.54, 1.807) is 12.4 Å². The SMILES string of the molecule is O=C(Cc1csc(-c2cccnc2)n1)NC1CCOc2ccccc21. The average molecular weight is 351 g/mol. The number of fused-ring (bicyclic) bond motifs is 1. The van der Waals surface area contributed by atoms with Crippen LogP contribution < -0.4 is 10.1 Å². The second kappa shape index (κ2) is 7.03. The van der Waals surface area contributed by atoms with Gasteiger partial charge in [-0.3, -0.25) is 9.78 Å². The number of nitrogens with one attached hydrogen (secondary N) is 1. The van der Waals surface area contributed by atoms with Crippen LogP contribution >= 0.6 is 11.3 Å². The van der Waals surface area contributed by atoms with Gasteiger partial charge in [-0.05, 0) is 18.2 Å². The maximum atomic E-state index is 12.4. The van der Waals surface area contributed by atoms with Crippen molar-refractivity contribution in [2.24, 2.45) is 0 Å². The summed E-state index contributed by atoms with van der Waals surface area (Å²) in [5.74, 6) is 0.830. The number of carbonyl (C=O) groups is 1. The molecule has 6 heteroatoms. The molecule has 0 fully saturated rings. The molecule has 3 heterocycles. The highest BCUT2D eigenvalue weighted by Crippen LogP contribution is 2.31. The van der Waals surface area contributed by atoms with E-state index in [1.807, 2.05) is 41.8 Å². The van der Waals surface area contributed by atoms with Crippen LogP contribution in [0.1, 0.15) is 23.7 Å². The molecule has 126 valence electrons. The largest absolute Gasteiger partial charge is 0.493 e.